The van der Waals surface area contributed by atoms with Crippen molar-refractivity contribution in [2.45, 2.75) is 129 Å². The monoisotopic (exact) mass is 613 g/mol. The summed E-state index contributed by atoms with van der Waals surface area (Å²) in [6, 6.07) is 19.8. The molecule has 0 aliphatic heterocycles. The van der Waals surface area contributed by atoms with Gasteiger partial charge in [0.05, 0.1) is 0 Å². The van der Waals surface area contributed by atoms with Crippen LogP contribution in [0.25, 0.3) is 0 Å². The van der Waals surface area contributed by atoms with Crippen LogP contribution in [0.3, 0.4) is 0 Å². The van der Waals surface area contributed by atoms with Gasteiger partial charge in [0, 0.05) is 25.3 Å². The molecule has 0 spiro atoms. The fourth-order valence-corrected chi connectivity index (χ4v) is 5.50. The minimum atomic E-state index is -2.53. The van der Waals surface area contributed by atoms with E-state index >= 15 is 0 Å². The van der Waals surface area contributed by atoms with Crippen molar-refractivity contribution in [1.82, 2.24) is 4.90 Å². The number of unbranched alkanes of at least 4 members (excludes halogenated alkanes) is 8. The molecule has 2 aromatic rings. The van der Waals surface area contributed by atoms with Gasteiger partial charge < -0.3 is 4.74 Å². The number of halogens is 2. The molecular weight excluding hydrogens is 560 g/mol. The number of carbonyl (C=O) groups is 1. The van der Waals surface area contributed by atoms with Gasteiger partial charge in [0.25, 0.3) is 5.17 Å². The molecule has 0 bridgehead atoms. The van der Waals surface area contributed by atoms with Gasteiger partial charge in [0.15, 0.2) is 0 Å². The Balaban J connectivity index is 1.84. The molecule has 0 N–H and O–H groups in total. The minimum absolute atomic E-state index is 0.00674. The van der Waals surface area contributed by atoms with Crippen molar-refractivity contribution in [3.63, 3.8) is 0 Å². The first-order valence-corrected chi connectivity index (χ1v) is 16.7. The molecular formula is C37H53F2NO2S. The maximum atomic E-state index is 14.1. The number of amides is 1. The summed E-state index contributed by atoms with van der Waals surface area (Å²) in [6.07, 6.45) is 13.8. The molecule has 0 saturated carbocycles. The second kappa shape index (κ2) is 21.2. The van der Waals surface area contributed by atoms with Crippen molar-refractivity contribution in [1.29, 1.82) is 0 Å². The van der Waals surface area contributed by atoms with Gasteiger partial charge in [-0.3, -0.25) is 9.69 Å². The zero-order chi connectivity index (χ0) is 31.3. The summed E-state index contributed by atoms with van der Waals surface area (Å²) in [5, 5.41) is 0.203. The van der Waals surface area contributed by atoms with Crippen LogP contribution in [0.4, 0.5) is 8.78 Å². The normalized spacial score (nSPS) is 12.5. The highest BCUT2D eigenvalue weighted by atomic mass is 32.1. The second-order valence-electron chi connectivity index (χ2n) is 12.0. The number of hydrogen-bond acceptors (Lipinski definition) is 3. The first-order valence-electron chi connectivity index (χ1n) is 16.3. The summed E-state index contributed by atoms with van der Waals surface area (Å²) < 4.78 is 34.2. The number of rotatable bonds is 21. The van der Waals surface area contributed by atoms with Gasteiger partial charge in [0.2, 0.25) is 11.8 Å². The first kappa shape index (κ1) is 36.6. The number of allylic oxidation sites excluding steroid dienone is 1. The standard InChI is InChI=1S/C37H53F2NO2S/c1-4-5-6-11-20-27-37(38,39)28-21-12-9-7-8-10-19-26-35(41)40(36(43)42-30-33-24-17-14-18-25-33)34(31(2)3)29-32-22-15-13-16-23-32/h10,13-19,22-25,31,34H,4-9,11-12,20-21,26-30H2,1-3H3/b19-10+/t34-/m1/s1. The molecule has 2 rings (SSSR count). The van der Waals surface area contributed by atoms with Crippen LogP contribution >= 0.6 is 12.2 Å². The van der Waals surface area contributed by atoms with Crippen LogP contribution in [0.2, 0.25) is 0 Å². The predicted octanol–water partition coefficient (Wildman–Crippen LogP) is 10.9. The lowest BCUT2D eigenvalue weighted by Gasteiger charge is -2.34. The predicted molar refractivity (Wildman–Crippen MR) is 179 cm³/mol. The Bertz CT molecular complexity index is 1060. The molecule has 0 aromatic heterocycles. The van der Waals surface area contributed by atoms with Crippen molar-refractivity contribution in [3.8, 4) is 0 Å². The van der Waals surface area contributed by atoms with Crippen molar-refractivity contribution in [2.24, 2.45) is 5.92 Å². The third-order valence-electron chi connectivity index (χ3n) is 7.83. The lowest BCUT2D eigenvalue weighted by atomic mass is 9.94. The van der Waals surface area contributed by atoms with Crippen LogP contribution in [0.5, 0.6) is 0 Å². The summed E-state index contributed by atoms with van der Waals surface area (Å²) >= 11 is 5.70. The molecule has 1 atom stereocenters. The Morgan fingerprint density at radius 3 is 1.98 bits per heavy atom. The van der Waals surface area contributed by atoms with E-state index in [1.807, 2.05) is 60.7 Å². The van der Waals surface area contributed by atoms with E-state index in [1.165, 1.54) is 0 Å². The quantitative estimate of drug-likeness (QED) is 0.0797. The van der Waals surface area contributed by atoms with Crippen molar-refractivity contribution < 1.29 is 18.3 Å². The van der Waals surface area contributed by atoms with Gasteiger partial charge in [-0.15, -0.1) is 0 Å². The maximum Gasteiger partial charge on any atom is 0.266 e. The highest BCUT2D eigenvalue weighted by Gasteiger charge is 2.30. The topological polar surface area (TPSA) is 29.5 Å². The average molecular weight is 614 g/mol. The molecule has 43 heavy (non-hydrogen) atoms. The van der Waals surface area contributed by atoms with Crippen LogP contribution in [0.1, 0.15) is 115 Å². The summed E-state index contributed by atoms with van der Waals surface area (Å²) in [7, 11) is 0. The maximum absolute atomic E-state index is 14.1. The van der Waals surface area contributed by atoms with E-state index < -0.39 is 5.92 Å². The third-order valence-corrected chi connectivity index (χ3v) is 8.14. The molecule has 0 aliphatic carbocycles. The van der Waals surface area contributed by atoms with E-state index in [4.69, 9.17) is 17.0 Å². The van der Waals surface area contributed by atoms with Gasteiger partial charge in [-0.2, -0.15) is 0 Å². The number of carbonyl (C=O) groups excluding carboxylic acids is 1. The number of thiocarbonyl (C=S) groups is 1. The zero-order valence-electron chi connectivity index (χ0n) is 26.6. The molecule has 0 aliphatic rings. The molecule has 0 unspecified atom stereocenters. The smallest absolute Gasteiger partial charge is 0.266 e. The third kappa shape index (κ3) is 15.6. The van der Waals surface area contributed by atoms with Crippen LogP contribution in [0, 0.1) is 5.92 Å². The Morgan fingerprint density at radius 1 is 0.837 bits per heavy atom. The van der Waals surface area contributed by atoms with Crippen LogP contribution in [-0.4, -0.2) is 27.9 Å². The van der Waals surface area contributed by atoms with E-state index in [-0.39, 0.29) is 42.3 Å². The lowest BCUT2D eigenvalue weighted by Crippen LogP contribution is -2.48. The molecule has 0 saturated heterocycles. The SMILES string of the molecule is CCCCCCCC(F)(F)CCCCCC/C=C/CC(=O)N(C(=S)OCc1ccccc1)[C@H](Cc1ccccc1)C(C)C. The minimum Gasteiger partial charge on any atom is -0.466 e. The fraction of sp³-hybridized carbons (Fsp3) is 0.568. The van der Waals surface area contributed by atoms with Crippen LogP contribution < -0.4 is 0 Å². The Hall–Kier alpha value is -2.60. The van der Waals surface area contributed by atoms with Crippen LogP contribution in [-0.2, 0) is 22.6 Å². The van der Waals surface area contributed by atoms with Gasteiger partial charge in [-0.1, -0.05) is 132 Å². The van der Waals surface area contributed by atoms with Gasteiger partial charge in [-0.25, -0.2) is 8.78 Å². The molecule has 238 valence electrons. The Morgan fingerprint density at radius 2 is 1.40 bits per heavy atom. The largest absolute Gasteiger partial charge is 0.466 e. The van der Waals surface area contributed by atoms with E-state index in [2.05, 4.69) is 32.9 Å². The highest BCUT2D eigenvalue weighted by molar-refractivity contribution is 7.80. The van der Waals surface area contributed by atoms with Gasteiger partial charge >= 0.3 is 0 Å². The molecule has 0 fully saturated rings. The number of benzene rings is 2. The molecule has 1 amide bonds. The molecule has 6 heteroatoms. The molecule has 0 heterocycles. The number of nitrogens with zero attached hydrogens (tertiary/aromatic N) is 1. The van der Waals surface area contributed by atoms with Gasteiger partial charge in [-0.05, 0) is 61.4 Å². The highest BCUT2D eigenvalue weighted by Crippen LogP contribution is 2.28. The molecule has 2 aromatic carbocycles. The second-order valence-corrected chi connectivity index (χ2v) is 12.3. The van der Waals surface area contributed by atoms with Crippen molar-refractivity contribution >= 4 is 23.3 Å². The fourth-order valence-electron chi connectivity index (χ4n) is 5.20. The molecule has 0 radical (unpaired) electrons. The van der Waals surface area contributed by atoms with E-state index in [0.29, 0.717) is 25.9 Å². The Kier molecular flexibility index (Phi) is 18.0. The summed E-state index contributed by atoms with van der Waals surface area (Å²) in [4.78, 5) is 15.2. The van der Waals surface area contributed by atoms with Crippen LogP contribution in [0.15, 0.2) is 72.8 Å². The van der Waals surface area contributed by atoms with Gasteiger partial charge in [0.1, 0.15) is 6.61 Å². The summed E-state index contributed by atoms with van der Waals surface area (Å²) in [5.74, 6) is -2.45. The van der Waals surface area contributed by atoms with E-state index in [1.54, 1.807) is 4.90 Å². The number of hydrogen-bond donors (Lipinski definition) is 0. The first-order chi connectivity index (χ1) is 20.7. The zero-order valence-corrected chi connectivity index (χ0v) is 27.4. The average Bonchev–Trinajstić information content (AvgIpc) is 2.99. The summed E-state index contributed by atoms with van der Waals surface area (Å²) in [6.45, 7) is 6.65. The molecule has 3 nitrogen and oxygen atoms in total. The number of alkyl halides is 2. The van der Waals surface area contributed by atoms with E-state index in [0.717, 1.165) is 62.5 Å². The summed E-state index contributed by atoms with van der Waals surface area (Å²) in [5.41, 5.74) is 2.14. The number of ether oxygens (including phenoxy) is 1. The lowest BCUT2D eigenvalue weighted by molar-refractivity contribution is -0.129. The van der Waals surface area contributed by atoms with E-state index in [9.17, 15) is 13.6 Å². The van der Waals surface area contributed by atoms with Crippen molar-refractivity contribution in [3.05, 3.63) is 83.9 Å². The Labute approximate surface area is 265 Å². The van der Waals surface area contributed by atoms with Crippen molar-refractivity contribution in [2.75, 3.05) is 0 Å².